The van der Waals surface area contributed by atoms with Crippen LogP contribution in [-0.2, 0) is 6.54 Å². The van der Waals surface area contributed by atoms with Crippen molar-refractivity contribution in [3.8, 4) is 0 Å². The van der Waals surface area contributed by atoms with Gasteiger partial charge in [-0.25, -0.2) is 4.39 Å². The number of amides is 1. The fourth-order valence-corrected chi connectivity index (χ4v) is 2.72. The van der Waals surface area contributed by atoms with Gasteiger partial charge in [0.1, 0.15) is 5.82 Å². The van der Waals surface area contributed by atoms with Gasteiger partial charge in [0.25, 0.3) is 11.5 Å². The van der Waals surface area contributed by atoms with Crippen molar-refractivity contribution >= 4 is 34.8 Å². The maximum absolute atomic E-state index is 13.8. The summed E-state index contributed by atoms with van der Waals surface area (Å²) in [6.07, 6.45) is 1.38. The first kappa shape index (κ1) is 18.2. The Labute approximate surface area is 158 Å². The molecule has 2 aromatic carbocycles. The van der Waals surface area contributed by atoms with Crippen LogP contribution in [0.15, 0.2) is 65.6 Å². The fourth-order valence-electron chi connectivity index (χ4n) is 2.39. The molecule has 0 atom stereocenters. The zero-order chi connectivity index (χ0) is 18.7. The first-order chi connectivity index (χ1) is 12.4. The summed E-state index contributed by atoms with van der Waals surface area (Å²) in [5, 5.41) is 3.41. The molecule has 0 aliphatic carbocycles. The Morgan fingerprint density at radius 3 is 2.62 bits per heavy atom. The average Bonchev–Trinajstić information content (AvgIpc) is 2.62. The zero-order valence-electron chi connectivity index (χ0n) is 13.4. The highest BCUT2D eigenvalue weighted by Crippen LogP contribution is 2.25. The lowest BCUT2D eigenvalue weighted by Gasteiger charge is -2.11. The zero-order valence-corrected chi connectivity index (χ0v) is 14.9. The fraction of sp³-hybridized carbons (Fsp3) is 0.0526. The number of rotatable bonds is 4. The first-order valence-corrected chi connectivity index (χ1v) is 8.40. The van der Waals surface area contributed by atoms with E-state index in [2.05, 4.69) is 5.32 Å². The van der Waals surface area contributed by atoms with E-state index in [0.717, 1.165) is 0 Å². The largest absolute Gasteiger partial charge is 0.321 e. The highest BCUT2D eigenvalue weighted by molar-refractivity contribution is 6.35. The number of benzene rings is 2. The third-order valence-corrected chi connectivity index (χ3v) is 4.29. The summed E-state index contributed by atoms with van der Waals surface area (Å²) in [6, 6.07) is 13.5. The van der Waals surface area contributed by atoms with Gasteiger partial charge in [-0.15, -0.1) is 0 Å². The van der Waals surface area contributed by atoms with E-state index in [4.69, 9.17) is 23.2 Å². The van der Waals surface area contributed by atoms with E-state index in [1.165, 1.54) is 35.0 Å². The predicted octanol–water partition coefficient (Wildman–Crippen LogP) is 4.59. The maximum atomic E-state index is 13.8. The SMILES string of the molecule is O=C(Nc1cc(Cl)ccc1Cl)c1ccc(=O)n(Cc2ccccc2F)c1. The van der Waals surface area contributed by atoms with Crippen LogP contribution in [0.2, 0.25) is 10.0 Å². The third-order valence-electron chi connectivity index (χ3n) is 3.72. The molecule has 3 aromatic rings. The van der Waals surface area contributed by atoms with Crippen molar-refractivity contribution in [2.75, 3.05) is 5.32 Å². The van der Waals surface area contributed by atoms with Crippen molar-refractivity contribution in [1.29, 1.82) is 0 Å². The van der Waals surface area contributed by atoms with Crippen molar-refractivity contribution < 1.29 is 9.18 Å². The minimum Gasteiger partial charge on any atom is -0.321 e. The molecule has 0 unspecified atom stereocenters. The van der Waals surface area contributed by atoms with E-state index in [1.54, 1.807) is 30.3 Å². The van der Waals surface area contributed by atoms with Gasteiger partial charge in [-0.2, -0.15) is 0 Å². The van der Waals surface area contributed by atoms with E-state index in [1.807, 2.05) is 0 Å². The van der Waals surface area contributed by atoms with E-state index >= 15 is 0 Å². The lowest BCUT2D eigenvalue weighted by Crippen LogP contribution is -2.23. The minimum absolute atomic E-state index is 0.0184. The Kier molecular flexibility index (Phi) is 5.40. The molecular weight excluding hydrogens is 378 g/mol. The van der Waals surface area contributed by atoms with Crippen molar-refractivity contribution in [1.82, 2.24) is 4.57 Å². The molecule has 7 heteroatoms. The predicted molar refractivity (Wildman–Crippen MR) is 101 cm³/mol. The second-order valence-corrected chi connectivity index (χ2v) is 6.40. The second kappa shape index (κ2) is 7.72. The van der Waals surface area contributed by atoms with E-state index in [9.17, 15) is 14.0 Å². The van der Waals surface area contributed by atoms with E-state index in [-0.39, 0.29) is 17.7 Å². The van der Waals surface area contributed by atoms with Gasteiger partial charge in [-0.3, -0.25) is 9.59 Å². The number of aromatic nitrogens is 1. The minimum atomic E-state index is -0.462. The van der Waals surface area contributed by atoms with Crippen LogP contribution in [0, 0.1) is 5.82 Å². The number of nitrogens with zero attached hydrogens (tertiary/aromatic N) is 1. The number of anilines is 1. The summed E-state index contributed by atoms with van der Waals surface area (Å²) in [4.78, 5) is 24.5. The summed E-state index contributed by atoms with van der Waals surface area (Å²) >= 11 is 11.9. The molecule has 0 aliphatic rings. The summed E-state index contributed by atoms with van der Waals surface area (Å²) in [7, 11) is 0. The number of pyridine rings is 1. The van der Waals surface area contributed by atoms with Gasteiger partial charge in [-0.1, -0.05) is 41.4 Å². The van der Waals surface area contributed by atoms with Crippen LogP contribution in [0.4, 0.5) is 10.1 Å². The Morgan fingerprint density at radius 1 is 1.08 bits per heavy atom. The molecule has 26 heavy (non-hydrogen) atoms. The van der Waals surface area contributed by atoms with Crippen molar-refractivity contribution in [2.24, 2.45) is 0 Å². The van der Waals surface area contributed by atoms with Gasteiger partial charge in [0.2, 0.25) is 0 Å². The molecule has 1 heterocycles. The van der Waals surface area contributed by atoms with Gasteiger partial charge >= 0.3 is 0 Å². The highest BCUT2D eigenvalue weighted by atomic mass is 35.5. The Morgan fingerprint density at radius 2 is 1.85 bits per heavy atom. The van der Waals surface area contributed by atoms with Gasteiger partial charge in [-0.05, 0) is 30.3 Å². The number of carbonyl (C=O) groups is 1. The summed E-state index contributed by atoms with van der Waals surface area (Å²) < 4.78 is 15.1. The van der Waals surface area contributed by atoms with Crippen LogP contribution in [-0.4, -0.2) is 10.5 Å². The molecule has 4 nitrogen and oxygen atoms in total. The van der Waals surface area contributed by atoms with E-state index in [0.29, 0.717) is 21.3 Å². The van der Waals surface area contributed by atoms with Crippen LogP contribution in [0.1, 0.15) is 15.9 Å². The third kappa shape index (κ3) is 4.12. The number of nitrogens with one attached hydrogen (secondary N) is 1. The molecule has 1 aromatic heterocycles. The normalized spacial score (nSPS) is 10.6. The maximum Gasteiger partial charge on any atom is 0.257 e. The molecule has 0 aliphatic heterocycles. The highest BCUT2D eigenvalue weighted by Gasteiger charge is 2.11. The summed E-state index contributed by atoms with van der Waals surface area (Å²) in [5.74, 6) is -0.878. The van der Waals surface area contributed by atoms with Crippen molar-refractivity contribution in [3.63, 3.8) is 0 Å². The number of halogens is 3. The smallest absolute Gasteiger partial charge is 0.257 e. The standard InChI is InChI=1S/C19H13Cl2FN2O2/c20-14-6-7-15(21)17(9-14)23-19(26)13-5-8-18(25)24(11-13)10-12-3-1-2-4-16(12)22/h1-9,11H,10H2,(H,23,26). The molecule has 3 rings (SSSR count). The molecule has 0 spiro atoms. The first-order valence-electron chi connectivity index (χ1n) is 7.64. The van der Waals surface area contributed by atoms with Gasteiger partial charge < -0.3 is 9.88 Å². The number of hydrogen-bond acceptors (Lipinski definition) is 2. The Balaban J connectivity index is 1.87. The Bertz CT molecular complexity index is 1030. The molecule has 0 saturated carbocycles. The van der Waals surface area contributed by atoms with Crippen LogP contribution in [0.3, 0.4) is 0 Å². The monoisotopic (exact) mass is 390 g/mol. The van der Waals surface area contributed by atoms with Crippen molar-refractivity contribution in [3.05, 3.63) is 98.1 Å². The van der Waals surface area contributed by atoms with Crippen LogP contribution in [0.25, 0.3) is 0 Å². The molecule has 0 saturated heterocycles. The molecule has 0 bridgehead atoms. The molecule has 0 fully saturated rings. The molecule has 1 N–H and O–H groups in total. The number of carbonyl (C=O) groups excluding carboxylic acids is 1. The molecular formula is C19H13Cl2FN2O2. The van der Waals surface area contributed by atoms with Crippen LogP contribution < -0.4 is 10.9 Å². The molecule has 132 valence electrons. The van der Waals surface area contributed by atoms with Crippen LogP contribution >= 0.6 is 23.2 Å². The topological polar surface area (TPSA) is 51.1 Å². The van der Waals surface area contributed by atoms with Gasteiger partial charge in [0.15, 0.2) is 0 Å². The van der Waals surface area contributed by atoms with Crippen LogP contribution in [0.5, 0.6) is 0 Å². The summed E-state index contributed by atoms with van der Waals surface area (Å²) in [5.41, 5.74) is 0.601. The van der Waals surface area contributed by atoms with Gasteiger partial charge in [0.05, 0.1) is 22.8 Å². The van der Waals surface area contributed by atoms with E-state index < -0.39 is 11.7 Å². The Hall–Kier alpha value is -2.63. The summed E-state index contributed by atoms with van der Waals surface area (Å²) in [6.45, 7) is 0.0184. The lowest BCUT2D eigenvalue weighted by molar-refractivity contribution is 0.102. The molecule has 0 radical (unpaired) electrons. The lowest BCUT2D eigenvalue weighted by atomic mass is 10.2. The number of hydrogen-bond donors (Lipinski definition) is 1. The average molecular weight is 391 g/mol. The second-order valence-electron chi connectivity index (χ2n) is 5.55. The quantitative estimate of drug-likeness (QED) is 0.707. The van der Waals surface area contributed by atoms with Gasteiger partial charge in [0, 0.05) is 22.8 Å². The molecule has 1 amide bonds. The van der Waals surface area contributed by atoms with Crippen molar-refractivity contribution in [2.45, 2.75) is 6.54 Å².